The largest absolute Gasteiger partial charge is 0.297 e. The minimum Gasteiger partial charge on any atom is -0.297 e. The molecule has 4 nitrogen and oxygen atoms in total. The molecule has 0 aromatic carbocycles. The Balaban J connectivity index is 2.45. The van der Waals surface area contributed by atoms with Gasteiger partial charge in [0.1, 0.15) is 0 Å². The summed E-state index contributed by atoms with van der Waals surface area (Å²) < 4.78 is 0. The number of amides is 2. The molecule has 0 aromatic rings. The summed E-state index contributed by atoms with van der Waals surface area (Å²) in [5.74, 6) is 0.0291. The van der Waals surface area contributed by atoms with Crippen molar-refractivity contribution in [2.75, 3.05) is 6.54 Å². The lowest BCUT2D eigenvalue weighted by Crippen LogP contribution is -2.56. The first-order chi connectivity index (χ1) is 5.59. The van der Waals surface area contributed by atoms with Gasteiger partial charge in [-0.15, -0.1) is 0 Å². The molecule has 68 valence electrons. The molecule has 12 heavy (non-hydrogen) atoms. The van der Waals surface area contributed by atoms with Gasteiger partial charge in [0, 0.05) is 0 Å². The molecule has 0 spiro atoms. The van der Waals surface area contributed by atoms with Crippen LogP contribution < -0.4 is 10.6 Å². The number of piperazine rings is 1. The average molecular weight is 170 g/mol. The van der Waals surface area contributed by atoms with E-state index < -0.39 is 0 Å². The topological polar surface area (TPSA) is 58.2 Å². The molecule has 2 amide bonds. The van der Waals surface area contributed by atoms with Crippen LogP contribution in [0.1, 0.15) is 20.3 Å². The molecule has 1 heterocycles. The van der Waals surface area contributed by atoms with E-state index in [-0.39, 0.29) is 24.4 Å². The Hall–Kier alpha value is -0.900. The maximum atomic E-state index is 11.1. The summed E-state index contributed by atoms with van der Waals surface area (Å²) in [7, 11) is 0. The molecular formula is C8H14N2O2. The van der Waals surface area contributed by atoms with Crippen molar-refractivity contribution in [2.24, 2.45) is 5.92 Å². The number of carbonyl (C=O) groups excluding carboxylic acids is 2. The van der Waals surface area contributed by atoms with Gasteiger partial charge in [-0.1, -0.05) is 13.8 Å². The Bertz CT molecular complexity index is 201. The highest BCUT2D eigenvalue weighted by atomic mass is 16.2. The van der Waals surface area contributed by atoms with Crippen LogP contribution in [0.25, 0.3) is 0 Å². The third kappa shape index (κ3) is 2.30. The van der Waals surface area contributed by atoms with Gasteiger partial charge in [0.15, 0.2) is 0 Å². The molecule has 0 unspecified atom stereocenters. The van der Waals surface area contributed by atoms with Gasteiger partial charge in [0.25, 0.3) is 0 Å². The summed E-state index contributed by atoms with van der Waals surface area (Å²) in [5.41, 5.74) is 0. The second-order valence-electron chi connectivity index (χ2n) is 3.48. The molecule has 1 saturated heterocycles. The minimum absolute atomic E-state index is 0.192. The predicted octanol–water partition coefficient (Wildman–Crippen LogP) is -0.353. The molecule has 1 aliphatic heterocycles. The molecule has 1 fully saturated rings. The van der Waals surface area contributed by atoms with E-state index in [2.05, 4.69) is 10.6 Å². The zero-order valence-electron chi connectivity index (χ0n) is 7.39. The van der Waals surface area contributed by atoms with Crippen molar-refractivity contribution >= 4 is 11.8 Å². The number of carbonyl (C=O) groups is 2. The van der Waals surface area contributed by atoms with E-state index in [4.69, 9.17) is 0 Å². The summed E-state index contributed by atoms with van der Waals surface area (Å²) in [6, 6.07) is -0.192. The molecule has 0 aliphatic carbocycles. The molecule has 0 radical (unpaired) electrons. The smallest absolute Gasteiger partial charge is 0.243 e. The molecule has 2 N–H and O–H groups in total. The normalized spacial score (nSPS) is 24.4. The fourth-order valence-corrected chi connectivity index (χ4v) is 1.24. The fraction of sp³-hybridized carbons (Fsp3) is 0.750. The van der Waals surface area contributed by atoms with E-state index >= 15 is 0 Å². The maximum Gasteiger partial charge on any atom is 0.243 e. The summed E-state index contributed by atoms with van der Waals surface area (Å²) in [6.07, 6.45) is 0.777. The van der Waals surface area contributed by atoms with Crippen LogP contribution in [0.2, 0.25) is 0 Å². The zero-order valence-corrected chi connectivity index (χ0v) is 7.39. The van der Waals surface area contributed by atoms with Crippen molar-refractivity contribution in [2.45, 2.75) is 26.3 Å². The lowest BCUT2D eigenvalue weighted by atomic mass is 10.0. The van der Waals surface area contributed by atoms with E-state index in [0.717, 1.165) is 6.42 Å². The second kappa shape index (κ2) is 3.67. The minimum atomic E-state index is -0.236. The molecule has 1 atom stereocenters. The van der Waals surface area contributed by atoms with Crippen LogP contribution in [0.4, 0.5) is 0 Å². The number of imide groups is 1. The molecule has 1 rings (SSSR count). The summed E-state index contributed by atoms with van der Waals surface area (Å²) >= 11 is 0. The average Bonchev–Trinajstić information content (AvgIpc) is 1.94. The molecular weight excluding hydrogens is 156 g/mol. The Morgan fingerprint density at radius 3 is 2.67 bits per heavy atom. The Kier molecular flexibility index (Phi) is 2.81. The van der Waals surface area contributed by atoms with Gasteiger partial charge in [-0.25, -0.2) is 0 Å². The quantitative estimate of drug-likeness (QED) is 0.557. The van der Waals surface area contributed by atoms with Crippen LogP contribution in [-0.2, 0) is 9.59 Å². The van der Waals surface area contributed by atoms with Crippen LogP contribution in [-0.4, -0.2) is 24.4 Å². The lowest BCUT2D eigenvalue weighted by molar-refractivity contribution is -0.134. The van der Waals surface area contributed by atoms with Crippen LogP contribution in [0.3, 0.4) is 0 Å². The monoisotopic (exact) mass is 170 g/mol. The zero-order chi connectivity index (χ0) is 9.14. The first kappa shape index (κ1) is 9.19. The van der Waals surface area contributed by atoms with Crippen LogP contribution >= 0.6 is 0 Å². The fourth-order valence-electron chi connectivity index (χ4n) is 1.24. The van der Waals surface area contributed by atoms with Crippen LogP contribution in [0.15, 0.2) is 0 Å². The Morgan fingerprint density at radius 2 is 2.17 bits per heavy atom. The third-order valence-corrected chi connectivity index (χ3v) is 1.80. The molecule has 4 heteroatoms. The highest BCUT2D eigenvalue weighted by Crippen LogP contribution is 2.06. The van der Waals surface area contributed by atoms with Crippen molar-refractivity contribution < 1.29 is 9.59 Å². The first-order valence-electron chi connectivity index (χ1n) is 4.16. The SMILES string of the molecule is CC(C)C[C@@H]1NCC(=O)NC1=O. The van der Waals surface area contributed by atoms with E-state index in [0.29, 0.717) is 5.92 Å². The van der Waals surface area contributed by atoms with Crippen molar-refractivity contribution in [1.29, 1.82) is 0 Å². The summed E-state index contributed by atoms with van der Waals surface area (Å²) in [6.45, 7) is 4.35. The van der Waals surface area contributed by atoms with E-state index in [1.54, 1.807) is 0 Å². The first-order valence-corrected chi connectivity index (χ1v) is 4.16. The number of hydrogen-bond donors (Lipinski definition) is 2. The van der Waals surface area contributed by atoms with E-state index in [1.165, 1.54) is 0 Å². The Labute approximate surface area is 71.7 Å². The Morgan fingerprint density at radius 1 is 1.50 bits per heavy atom. The molecule has 0 aromatic heterocycles. The maximum absolute atomic E-state index is 11.1. The standard InChI is InChI=1S/C8H14N2O2/c1-5(2)3-6-8(12)10-7(11)4-9-6/h5-6,9H,3-4H2,1-2H3,(H,10,11,12)/t6-/m0/s1. The lowest BCUT2D eigenvalue weighted by Gasteiger charge is -2.23. The van der Waals surface area contributed by atoms with Crippen molar-refractivity contribution in [3.63, 3.8) is 0 Å². The molecule has 1 aliphatic rings. The van der Waals surface area contributed by atoms with Crippen molar-refractivity contribution in [3.8, 4) is 0 Å². The van der Waals surface area contributed by atoms with Gasteiger partial charge in [0.2, 0.25) is 11.8 Å². The number of rotatable bonds is 2. The van der Waals surface area contributed by atoms with E-state index in [9.17, 15) is 9.59 Å². The van der Waals surface area contributed by atoms with Gasteiger partial charge in [0.05, 0.1) is 12.6 Å². The molecule has 0 saturated carbocycles. The summed E-state index contributed by atoms with van der Waals surface area (Å²) in [4.78, 5) is 21.9. The van der Waals surface area contributed by atoms with Gasteiger partial charge >= 0.3 is 0 Å². The number of nitrogens with one attached hydrogen (secondary N) is 2. The highest BCUT2D eigenvalue weighted by molar-refractivity contribution is 6.01. The van der Waals surface area contributed by atoms with Gasteiger partial charge < -0.3 is 0 Å². The van der Waals surface area contributed by atoms with Gasteiger partial charge in [-0.05, 0) is 12.3 Å². The predicted molar refractivity (Wildman–Crippen MR) is 44.4 cm³/mol. The van der Waals surface area contributed by atoms with Gasteiger partial charge in [-0.2, -0.15) is 0 Å². The summed E-state index contributed by atoms with van der Waals surface area (Å²) in [5, 5.41) is 5.18. The van der Waals surface area contributed by atoms with Crippen molar-refractivity contribution in [3.05, 3.63) is 0 Å². The van der Waals surface area contributed by atoms with Crippen molar-refractivity contribution in [1.82, 2.24) is 10.6 Å². The number of hydrogen-bond acceptors (Lipinski definition) is 3. The second-order valence-corrected chi connectivity index (χ2v) is 3.48. The van der Waals surface area contributed by atoms with E-state index in [1.807, 2.05) is 13.8 Å². The van der Waals surface area contributed by atoms with Crippen LogP contribution in [0.5, 0.6) is 0 Å². The highest BCUT2D eigenvalue weighted by Gasteiger charge is 2.25. The third-order valence-electron chi connectivity index (χ3n) is 1.80. The van der Waals surface area contributed by atoms with Crippen LogP contribution in [0, 0.1) is 5.92 Å². The van der Waals surface area contributed by atoms with Gasteiger partial charge in [-0.3, -0.25) is 20.2 Å². The molecule has 0 bridgehead atoms.